The van der Waals surface area contributed by atoms with E-state index in [9.17, 15) is 0 Å². The summed E-state index contributed by atoms with van der Waals surface area (Å²) in [4.78, 5) is 6.92. The van der Waals surface area contributed by atoms with E-state index in [-0.39, 0.29) is 12.4 Å². The number of ether oxygens (including phenoxy) is 1. The molecule has 1 saturated carbocycles. The Morgan fingerprint density at radius 2 is 2.00 bits per heavy atom. The molecule has 0 amide bonds. The number of halogens is 1. The molecule has 2 aliphatic rings. The molecule has 0 atom stereocenters. The van der Waals surface area contributed by atoms with Crippen LogP contribution in [0.25, 0.3) is 16.9 Å². The minimum Gasteiger partial charge on any atom is -0.494 e. The van der Waals surface area contributed by atoms with Gasteiger partial charge in [-0.1, -0.05) is 11.3 Å². The summed E-state index contributed by atoms with van der Waals surface area (Å²) in [6.45, 7) is 3.28. The molecule has 0 bridgehead atoms. The van der Waals surface area contributed by atoms with Gasteiger partial charge in [0.15, 0.2) is 16.9 Å². The highest BCUT2D eigenvalue weighted by Gasteiger charge is 2.44. The van der Waals surface area contributed by atoms with Gasteiger partial charge in [-0.05, 0) is 68.3 Å². The summed E-state index contributed by atoms with van der Waals surface area (Å²) in [5.74, 6) is 2.20. The van der Waals surface area contributed by atoms with E-state index >= 15 is 0 Å². The Balaban J connectivity index is 0.00000245. The van der Waals surface area contributed by atoms with Crippen molar-refractivity contribution in [3.8, 4) is 11.4 Å². The number of rotatable bonds is 6. The van der Waals surface area contributed by atoms with Gasteiger partial charge in [-0.2, -0.15) is 4.68 Å². The Morgan fingerprint density at radius 1 is 1.22 bits per heavy atom. The van der Waals surface area contributed by atoms with Crippen molar-refractivity contribution in [1.82, 2.24) is 25.3 Å². The number of nitrogens with one attached hydrogen (secondary N) is 2. The van der Waals surface area contributed by atoms with Crippen LogP contribution < -0.4 is 20.3 Å². The summed E-state index contributed by atoms with van der Waals surface area (Å²) >= 11 is 0. The number of hydrogen-bond donors (Lipinski definition) is 2. The van der Waals surface area contributed by atoms with Gasteiger partial charge in [0.25, 0.3) is 0 Å². The minimum atomic E-state index is 0. The molecule has 9 heteroatoms. The average molecular weight is 458 g/mol. The van der Waals surface area contributed by atoms with E-state index in [2.05, 4.69) is 38.0 Å². The quantitative estimate of drug-likeness (QED) is 0.586. The standard InChI is InChI=1S/C23H31N7O.ClH/c1-29(2)17-5-4-6-18(11-17)30-22-21(27-28-30)19(31-3)12-20(26-22)25-15-16-13-23(14-16)7-9-24-10-8-23;/h4-6,11-12,16,24H,7-10,13-15H2,1-3H3,(H,25,26);1H. The second-order valence-corrected chi connectivity index (χ2v) is 9.20. The van der Waals surface area contributed by atoms with Crippen LogP contribution in [0.4, 0.5) is 11.5 Å². The average Bonchev–Trinajstić information content (AvgIpc) is 3.20. The van der Waals surface area contributed by atoms with Crippen LogP contribution in [0.1, 0.15) is 25.7 Å². The van der Waals surface area contributed by atoms with E-state index in [1.165, 1.54) is 38.8 Å². The Labute approximate surface area is 195 Å². The number of benzene rings is 1. The lowest BCUT2D eigenvalue weighted by atomic mass is 9.58. The molecular formula is C23H32ClN7O. The summed E-state index contributed by atoms with van der Waals surface area (Å²) < 4.78 is 7.39. The second kappa shape index (κ2) is 9.11. The Kier molecular flexibility index (Phi) is 6.44. The van der Waals surface area contributed by atoms with E-state index in [4.69, 9.17) is 9.72 Å². The molecule has 3 aromatic rings. The van der Waals surface area contributed by atoms with Gasteiger partial charge in [-0.3, -0.25) is 0 Å². The molecule has 2 fully saturated rings. The number of piperidine rings is 1. The highest BCUT2D eigenvalue weighted by molar-refractivity contribution is 5.85. The summed E-state index contributed by atoms with van der Waals surface area (Å²) in [7, 11) is 5.71. The van der Waals surface area contributed by atoms with Crippen molar-refractivity contribution in [3.63, 3.8) is 0 Å². The van der Waals surface area contributed by atoms with Crippen molar-refractivity contribution in [2.75, 3.05) is 51.1 Å². The SMILES string of the molecule is COc1cc(NCC2CC3(CCNCC3)C2)nc2c1nnn2-c1cccc(N(C)C)c1.Cl. The zero-order valence-electron chi connectivity index (χ0n) is 19.0. The van der Waals surface area contributed by atoms with E-state index in [1.54, 1.807) is 11.8 Å². The first-order chi connectivity index (χ1) is 15.1. The topological polar surface area (TPSA) is 80.1 Å². The van der Waals surface area contributed by atoms with Crippen LogP contribution in [0.3, 0.4) is 0 Å². The van der Waals surface area contributed by atoms with Crippen LogP contribution in [-0.4, -0.2) is 60.8 Å². The predicted molar refractivity (Wildman–Crippen MR) is 131 cm³/mol. The number of fused-ring (bicyclic) bond motifs is 1. The van der Waals surface area contributed by atoms with Crippen LogP contribution in [0.5, 0.6) is 5.75 Å². The van der Waals surface area contributed by atoms with Crippen LogP contribution in [-0.2, 0) is 0 Å². The molecule has 0 unspecified atom stereocenters. The van der Waals surface area contributed by atoms with Crippen molar-refractivity contribution in [2.24, 2.45) is 11.3 Å². The molecule has 1 spiro atoms. The molecule has 1 aromatic carbocycles. The van der Waals surface area contributed by atoms with Gasteiger partial charge in [-0.15, -0.1) is 17.5 Å². The normalized spacial score (nSPS) is 17.6. The van der Waals surface area contributed by atoms with E-state index < -0.39 is 0 Å². The largest absolute Gasteiger partial charge is 0.494 e. The number of pyridine rings is 1. The third-order valence-electron chi connectivity index (χ3n) is 6.86. The van der Waals surface area contributed by atoms with Gasteiger partial charge in [0, 0.05) is 32.4 Å². The first-order valence-electron chi connectivity index (χ1n) is 11.1. The first kappa shape index (κ1) is 22.6. The molecular weight excluding hydrogens is 426 g/mol. The summed E-state index contributed by atoms with van der Waals surface area (Å²) in [5.41, 5.74) is 3.97. The highest BCUT2D eigenvalue weighted by atomic mass is 35.5. The molecule has 0 radical (unpaired) electrons. The fourth-order valence-corrected chi connectivity index (χ4v) is 5.12. The van der Waals surface area contributed by atoms with Gasteiger partial charge in [-0.25, -0.2) is 4.98 Å². The summed E-state index contributed by atoms with van der Waals surface area (Å²) in [5, 5.41) is 15.7. The van der Waals surface area contributed by atoms with E-state index in [0.29, 0.717) is 28.2 Å². The van der Waals surface area contributed by atoms with E-state index in [1.807, 2.05) is 32.3 Å². The van der Waals surface area contributed by atoms with Crippen LogP contribution in [0, 0.1) is 11.3 Å². The maximum Gasteiger partial charge on any atom is 0.189 e. The molecule has 2 N–H and O–H groups in total. The molecule has 3 heterocycles. The minimum absolute atomic E-state index is 0. The number of methoxy groups -OCH3 is 1. The lowest BCUT2D eigenvalue weighted by Gasteiger charge is -2.50. The number of nitrogens with zero attached hydrogens (tertiary/aromatic N) is 5. The maximum absolute atomic E-state index is 5.61. The fourth-order valence-electron chi connectivity index (χ4n) is 5.12. The van der Waals surface area contributed by atoms with Crippen LogP contribution in [0.15, 0.2) is 30.3 Å². The Morgan fingerprint density at radius 3 is 2.72 bits per heavy atom. The van der Waals surface area contributed by atoms with Crippen molar-refractivity contribution in [3.05, 3.63) is 30.3 Å². The summed E-state index contributed by atoms with van der Waals surface area (Å²) in [6.07, 6.45) is 5.27. The Hall–Kier alpha value is -2.58. The molecule has 1 saturated heterocycles. The zero-order valence-corrected chi connectivity index (χ0v) is 19.8. The molecule has 2 aromatic heterocycles. The third kappa shape index (κ3) is 4.21. The molecule has 5 rings (SSSR count). The van der Waals surface area contributed by atoms with Crippen LogP contribution in [0.2, 0.25) is 0 Å². The molecule has 32 heavy (non-hydrogen) atoms. The predicted octanol–water partition coefficient (Wildman–Crippen LogP) is 3.50. The molecule has 172 valence electrons. The van der Waals surface area contributed by atoms with Gasteiger partial charge in [0.1, 0.15) is 5.82 Å². The van der Waals surface area contributed by atoms with Crippen molar-refractivity contribution in [2.45, 2.75) is 25.7 Å². The monoisotopic (exact) mass is 457 g/mol. The highest BCUT2D eigenvalue weighted by Crippen LogP contribution is 2.51. The van der Waals surface area contributed by atoms with Gasteiger partial charge < -0.3 is 20.3 Å². The molecule has 1 aliphatic carbocycles. The number of hydrogen-bond acceptors (Lipinski definition) is 7. The first-order valence-corrected chi connectivity index (χ1v) is 11.1. The van der Waals surface area contributed by atoms with Gasteiger partial charge in [0.2, 0.25) is 0 Å². The second-order valence-electron chi connectivity index (χ2n) is 9.20. The van der Waals surface area contributed by atoms with Crippen molar-refractivity contribution >= 4 is 35.1 Å². The van der Waals surface area contributed by atoms with Gasteiger partial charge in [0.05, 0.1) is 12.8 Å². The lowest BCUT2D eigenvalue weighted by Crippen LogP contribution is -2.47. The third-order valence-corrected chi connectivity index (χ3v) is 6.86. The van der Waals surface area contributed by atoms with Crippen molar-refractivity contribution in [1.29, 1.82) is 0 Å². The fraction of sp³-hybridized carbons (Fsp3) is 0.522. The number of anilines is 2. The Bertz CT molecular complexity index is 1070. The molecule has 1 aliphatic heterocycles. The summed E-state index contributed by atoms with van der Waals surface area (Å²) in [6, 6.07) is 10.1. The molecule has 8 nitrogen and oxygen atoms in total. The van der Waals surface area contributed by atoms with Crippen LogP contribution >= 0.6 is 12.4 Å². The number of aromatic nitrogens is 4. The zero-order chi connectivity index (χ0) is 21.4. The maximum atomic E-state index is 5.61. The van der Waals surface area contributed by atoms with Crippen molar-refractivity contribution < 1.29 is 4.74 Å². The lowest BCUT2D eigenvalue weighted by molar-refractivity contribution is 0.0285. The van der Waals surface area contributed by atoms with E-state index in [0.717, 1.165) is 23.7 Å². The smallest absolute Gasteiger partial charge is 0.189 e. The van der Waals surface area contributed by atoms with Gasteiger partial charge >= 0.3 is 0 Å².